The molecule has 1 N–H and O–H groups in total. The summed E-state index contributed by atoms with van der Waals surface area (Å²) < 4.78 is 0. The molecular formula is C13H22N4. The number of piperazine rings is 1. The van der Waals surface area contributed by atoms with Gasteiger partial charge in [-0.15, -0.1) is 0 Å². The van der Waals surface area contributed by atoms with E-state index < -0.39 is 0 Å². The number of hydrogen-bond acceptors (Lipinski definition) is 4. The molecule has 2 rings (SSSR count). The maximum Gasteiger partial charge on any atom is 0.115 e. The van der Waals surface area contributed by atoms with Crippen LogP contribution in [0, 0.1) is 0 Å². The third-order valence-electron chi connectivity index (χ3n) is 3.41. The van der Waals surface area contributed by atoms with Crippen molar-refractivity contribution in [3.63, 3.8) is 0 Å². The van der Waals surface area contributed by atoms with Crippen molar-refractivity contribution < 1.29 is 0 Å². The van der Waals surface area contributed by atoms with Crippen LogP contribution >= 0.6 is 0 Å². The Labute approximate surface area is 103 Å². The molecule has 1 fully saturated rings. The van der Waals surface area contributed by atoms with E-state index in [9.17, 15) is 0 Å². The normalized spacial score (nSPS) is 24.8. The van der Waals surface area contributed by atoms with Gasteiger partial charge in [0.05, 0.1) is 5.69 Å². The van der Waals surface area contributed by atoms with E-state index in [2.05, 4.69) is 41.0 Å². The first-order valence-corrected chi connectivity index (χ1v) is 6.35. The van der Waals surface area contributed by atoms with Crippen LogP contribution in [-0.4, -0.2) is 39.5 Å². The predicted octanol–water partition coefficient (Wildman–Crippen LogP) is 1.44. The highest BCUT2D eigenvalue weighted by Crippen LogP contribution is 2.18. The summed E-state index contributed by atoms with van der Waals surface area (Å²) in [4.78, 5) is 10.8. The third kappa shape index (κ3) is 3.23. The Morgan fingerprint density at radius 1 is 1.53 bits per heavy atom. The van der Waals surface area contributed by atoms with Crippen LogP contribution in [0.15, 0.2) is 18.6 Å². The standard InChI is InChI=1S/C13H22N4/c1-4-12-7-16-13(2,3)9-17(12)8-11-5-6-14-10-15-11/h5-6,10,12,16H,4,7-9H2,1-3H3. The summed E-state index contributed by atoms with van der Waals surface area (Å²) in [7, 11) is 0. The molecule has 17 heavy (non-hydrogen) atoms. The summed E-state index contributed by atoms with van der Waals surface area (Å²) in [6.45, 7) is 9.81. The molecule has 1 aliphatic rings. The molecular weight excluding hydrogens is 212 g/mol. The van der Waals surface area contributed by atoms with E-state index in [1.54, 1.807) is 6.33 Å². The minimum absolute atomic E-state index is 0.193. The molecule has 0 saturated carbocycles. The predicted molar refractivity (Wildman–Crippen MR) is 68.6 cm³/mol. The molecule has 0 aliphatic carbocycles. The van der Waals surface area contributed by atoms with Crippen LogP contribution in [0.4, 0.5) is 0 Å². The lowest BCUT2D eigenvalue weighted by Gasteiger charge is -2.44. The maximum atomic E-state index is 4.32. The summed E-state index contributed by atoms with van der Waals surface area (Å²) in [6.07, 6.45) is 4.62. The molecule has 4 heteroatoms. The molecule has 94 valence electrons. The summed E-state index contributed by atoms with van der Waals surface area (Å²) in [5, 5.41) is 3.60. The molecule has 1 saturated heterocycles. The van der Waals surface area contributed by atoms with Gasteiger partial charge in [0.25, 0.3) is 0 Å². The Morgan fingerprint density at radius 2 is 2.35 bits per heavy atom. The van der Waals surface area contributed by atoms with Crippen molar-refractivity contribution in [2.45, 2.75) is 45.3 Å². The van der Waals surface area contributed by atoms with Crippen molar-refractivity contribution in [1.82, 2.24) is 20.2 Å². The van der Waals surface area contributed by atoms with Crippen LogP contribution in [0.2, 0.25) is 0 Å². The quantitative estimate of drug-likeness (QED) is 0.859. The lowest BCUT2D eigenvalue weighted by atomic mass is 9.97. The minimum Gasteiger partial charge on any atom is -0.309 e. The fourth-order valence-electron chi connectivity index (χ4n) is 2.42. The van der Waals surface area contributed by atoms with Crippen molar-refractivity contribution in [1.29, 1.82) is 0 Å². The lowest BCUT2D eigenvalue weighted by Crippen LogP contribution is -2.61. The molecule has 0 bridgehead atoms. The highest BCUT2D eigenvalue weighted by molar-refractivity contribution is 5.01. The van der Waals surface area contributed by atoms with Gasteiger partial charge >= 0.3 is 0 Å². The summed E-state index contributed by atoms with van der Waals surface area (Å²) in [5.74, 6) is 0. The van der Waals surface area contributed by atoms with E-state index in [0.717, 1.165) is 25.3 Å². The zero-order chi connectivity index (χ0) is 12.3. The van der Waals surface area contributed by atoms with E-state index >= 15 is 0 Å². The van der Waals surface area contributed by atoms with Crippen LogP contribution in [-0.2, 0) is 6.54 Å². The van der Waals surface area contributed by atoms with Gasteiger partial charge in [0, 0.05) is 37.4 Å². The summed E-state index contributed by atoms with van der Waals surface area (Å²) >= 11 is 0. The van der Waals surface area contributed by atoms with Gasteiger partial charge in [-0.2, -0.15) is 0 Å². The second kappa shape index (κ2) is 5.10. The molecule has 1 aliphatic heterocycles. The fraction of sp³-hybridized carbons (Fsp3) is 0.692. The van der Waals surface area contributed by atoms with Gasteiger partial charge in [0.2, 0.25) is 0 Å². The number of nitrogens with zero attached hydrogens (tertiary/aromatic N) is 3. The largest absolute Gasteiger partial charge is 0.309 e. The van der Waals surface area contributed by atoms with E-state index in [-0.39, 0.29) is 5.54 Å². The fourth-order valence-corrected chi connectivity index (χ4v) is 2.42. The molecule has 0 spiro atoms. The Bertz CT molecular complexity index is 350. The van der Waals surface area contributed by atoms with Crippen molar-refractivity contribution >= 4 is 0 Å². The van der Waals surface area contributed by atoms with Gasteiger partial charge in [-0.3, -0.25) is 4.90 Å². The number of rotatable bonds is 3. The van der Waals surface area contributed by atoms with Gasteiger partial charge in [-0.05, 0) is 26.3 Å². The van der Waals surface area contributed by atoms with Gasteiger partial charge in [-0.1, -0.05) is 6.92 Å². The van der Waals surface area contributed by atoms with E-state index in [0.29, 0.717) is 6.04 Å². The van der Waals surface area contributed by atoms with Crippen molar-refractivity contribution in [2.75, 3.05) is 13.1 Å². The zero-order valence-corrected chi connectivity index (χ0v) is 11.0. The van der Waals surface area contributed by atoms with Gasteiger partial charge in [0.15, 0.2) is 0 Å². The van der Waals surface area contributed by atoms with Crippen molar-refractivity contribution in [2.24, 2.45) is 0 Å². The third-order valence-corrected chi connectivity index (χ3v) is 3.41. The average molecular weight is 234 g/mol. The van der Waals surface area contributed by atoms with Crippen LogP contribution in [0.5, 0.6) is 0 Å². The monoisotopic (exact) mass is 234 g/mol. The second-order valence-corrected chi connectivity index (χ2v) is 5.43. The van der Waals surface area contributed by atoms with E-state index in [1.807, 2.05) is 12.3 Å². The molecule has 0 aromatic carbocycles. The van der Waals surface area contributed by atoms with Crippen LogP contribution in [0.25, 0.3) is 0 Å². The molecule has 2 heterocycles. The highest BCUT2D eigenvalue weighted by Gasteiger charge is 2.31. The number of hydrogen-bond donors (Lipinski definition) is 1. The summed E-state index contributed by atoms with van der Waals surface area (Å²) in [5.41, 5.74) is 1.30. The second-order valence-electron chi connectivity index (χ2n) is 5.43. The number of aromatic nitrogens is 2. The molecule has 1 atom stereocenters. The van der Waals surface area contributed by atoms with E-state index in [1.165, 1.54) is 6.42 Å². The van der Waals surface area contributed by atoms with Crippen molar-refractivity contribution in [3.05, 3.63) is 24.3 Å². The van der Waals surface area contributed by atoms with Gasteiger partial charge in [-0.25, -0.2) is 9.97 Å². The average Bonchev–Trinajstić information content (AvgIpc) is 2.30. The van der Waals surface area contributed by atoms with Crippen LogP contribution < -0.4 is 5.32 Å². The molecule has 1 unspecified atom stereocenters. The molecule has 0 amide bonds. The van der Waals surface area contributed by atoms with Crippen LogP contribution in [0.3, 0.4) is 0 Å². The first kappa shape index (κ1) is 12.5. The summed E-state index contributed by atoms with van der Waals surface area (Å²) in [6, 6.07) is 2.61. The topological polar surface area (TPSA) is 41.0 Å². The van der Waals surface area contributed by atoms with Crippen molar-refractivity contribution in [3.8, 4) is 0 Å². The minimum atomic E-state index is 0.193. The van der Waals surface area contributed by atoms with E-state index in [4.69, 9.17) is 0 Å². The Kier molecular flexibility index (Phi) is 3.74. The lowest BCUT2D eigenvalue weighted by molar-refractivity contribution is 0.0846. The molecule has 1 aromatic rings. The molecule has 4 nitrogen and oxygen atoms in total. The van der Waals surface area contributed by atoms with Crippen LogP contribution in [0.1, 0.15) is 32.9 Å². The molecule has 0 radical (unpaired) electrons. The first-order valence-electron chi connectivity index (χ1n) is 6.35. The van der Waals surface area contributed by atoms with Gasteiger partial charge < -0.3 is 5.32 Å². The Balaban J connectivity index is 2.06. The SMILES string of the molecule is CCC1CNC(C)(C)CN1Cc1ccncn1. The molecule has 1 aromatic heterocycles. The number of nitrogens with one attached hydrogen (secondary N) is 1. The maximum absolute atomic E-state index is 4.32. The zero-order valence-electron chi connectivity index (χ0n) is 11.0. The first-order chi connectivity index (χ1) is 8.11. The smallest absolute Gasteiger partial charge is 0.115 e. The highest BCUT2D eigenvalue weighted by atomic mass is 15.2. The Hall–Kier alpha value is -1.00. The van der Waals surface area contributed by atoms with Gasteiger partial charge in [0.1, 0.15) is 6.33 Å². The Morgan fingerprint density at radius 3 is 3.00 bits per heavy atom.